The Balaban J connectivity index is 2.05. The number of carboxylic acid groups (broad SMARTS) is 1. The maximum absolute atomic E-state index is 10.9. The second-order valence-electron chi connectivity index (χ2n) is 5.53. The summed E-state index contributed by atoms with van der Waals surface area (Å²) >= 11 is 0. The monoisotopic (exact) mass is 262 g/mol. The summed E-state index contributed by atoms with van der Waals surface area (Å²) in [5.41, 5.74) is 2.39. The number of rotatable bonds is 3. The number of piperidine rings is 1. The van der Waals surface area contributed by atoms with Gasteiger partial charge in [-0.05, 0) is 57.5 Å². The molecule has 1 aromatic rings. The molecular formula is C15H22N2O2. The summed E-state index contributed by atoms with van der Waals surface area (Å²) in [7, 11) is 2.16. The van der Waals surface area contributed by atoms with Gasteiger partial charge in [0.15, 0.2) is 0 Å². The fraction of sp³-hybridized carbons (Fsp3) is 0.533. The van der Waals surface area contributed by atoms with Gasteiger partial charge in [-0.25, -0.2) is 4.79 Å². The SMILES string of the molecule is Cc1cc(C(=O)O)ccc1NC1CCN(C)C(C)C1. The molecular weight excluding hydrogens is 240 g/mol. The molecule has 0 amide bonds. The largest absolute Gasteiger partial charge is 0.478 e. The van der Waals surface area contributed by atoms with Crippen molar-refractivity contribution in [1.82, 2.24) is 4.90 Å². The molecule has 0 spiro atoms. The predicted octanol–water partition coefficient (Wildman–Crippen LogP) is 2.59. The van der Waals surface area contributed by atoms with E-state index < -0.39 is 5.97 Å². The van der Waals surface area contributed by atoms with Crippen LogP contribution in [0.15, 0.2) is 18.2 Å². The average Bonchev–Trinajstić information content (AvgIpc) is 2.36. The van der Waals surface area contributed by atoms with Crippen LogP contribution in [-0.4, -0.2) is 41.7 Å². The smallest absolute Gasteiger partial charge is 0.335 e. The second kappa shape index (κ2) is 5.61. The van der Waals surface area contributed by atoms with Crippen molar-refractivity contribution in [2.75, 3.05) is 18.9 Å². The highest BCUT2D eigenvalue weighted by molar-refractivity contribution is 5.88. The van der Waals surface area contributed by atoms with Crippen molar-refractivity contribution in [2.45, 2.75) is 38.8 Å². The van der Waals surface area contributed by atoms with Crippen LogP contribution in [0.5, 0.6) is 0 Å². The first-order chi connectivity index (χ1) is 8.97. The van der Waals surface area contributed by atoms with Gasteiger partial charge in [0.25, 0.3) is 0 Å². The van der Waals surface area contributed by atoms with Crippen LogP contribution in [0.25, 0.3) is 0 Å². The number of carboxylic acids is 1. The van der Waals surface area contributed by atoms with Gasteiger partial charge in [0.2, 0.25) is 0 Å². The summed E-state index contributed by atoms with van der Waals surface area (Å²) < 4.78 is 0. The minimum Gasteiger partial charge on any atom is -0.478 e. The highest BCUT2D eigenvalue weighted by Gasteiger charge is 2.22. The number of hydrogen-bond acceptors (Lipinski definition) is 3. The molecule has 0 bridgehead atoms. The van der Waals surface area contributed by atoms with Gasteiger partial charge in [0.1, 0.15) is 0 Å². The van der Waals surface area contributed by atoms with Crippen LogP contribution in [-0.2, 0) is 0 Å². The molecule has 4 heteroatoms. The lowest BCUT2D eigenvalue weighted by atomic mass is 9.98. The first kappa shape index (κ1) is 13.9. The minimum absolute atomic E-state index is 0.347. The van der Waals surface area contributed by atoms with E-state index >= 15 is 0 Å². The van der Waals surface area contributed by atoms with E-state index in [2.05, 4.69) is 24.2 Å². The number of likely N-dealkylation sites (tertiary alicyclic amines) is 1. The van der Waals surface area contributed by atoms with Crippen molar-refractivity contribution in [3.8, 4) is 0 Å². The van der Waals surface area contributed by atoms with E-state index in [1.807, 2.05) is 13.0 Å². The summed E-state index contributed by atoms with van der Waals surface area (Å²) in [5.74, 6) is -0.873. The molecule has 1 aromatic carbocycles. The van der Waals surface area contributed by atoms with Crippen LogP contribution >= 0.6 is 0 Å². The molecule has 0 aromatic heterocycles. The highest BCUT2D eigenvalue weighted by atomic mass is 16.4. The molecule has 4 nitrogen and oxygen atoms in total. The highest BCUT2D eigenvalue weighted by Crippen LogP contribution is 2.23. The van der Waals surface area contributed by atoms with Gasteiger partial charge in [-0.1, -0.05) is 0 Å². The zero-order chi connectivity index (χ0) is 14.0. The van der Waals surface area contributed by atoms with Gasteiger partial charge in [-0.15, -0.1) is 0 Å². The fourth-order valence-electron chi connectivity index (χ4n) is 2.60. The van der Waals surface area contributed by atoms with Gasteiger partial charge in [-0.3, -0.25) is 0 Å². The van der Waals surface area contributed by atoms with Gasteiger partial charge < -0.3 is 15.3 Å². The molecule has 104 valence electrons. The lowest BCUT2D eigenvalue weighted by Crippen LogP contribution is -2.42. The number of anilines is 1. The van der Waals surface area contributed by atoms with Crippen LogP contribution in [0.3, 0.4) is 0 Å². The number of carbonyl (C=O) groups is 1. The summed E-state index contributed by atoms with van der Waals surface area (Å²) in [6.07, 6.45) is 2.25. The molecule has 2 rings (SSSR count). The molecule has 1 fully saturated rings. The van der Waals surface area contributed by atoms with Crippen LogP contribution in [0.4, 0.5) is 5.69 Å². The number of hydrogen-bond donors (Lipinski definition) is 2. The second-order valence-corrected chi connectivity index (χ2v) is 5.53. The van der Waals surface area contributed by atoms with Crippen molar-refractivity contribution >= 4 is 11.7 Å². The first-order valence-electron chi connectivity index (χ1n) is 6.78. The van der Waals surface area contributed by atoms with E-state index in [9.17, 15) is 4.79 Å². The Labute approximate surface area is 114 Å². The van der Waals surface area contributed by atoms with Crippen LogP contribution < -0.4 is 5.32 Å². The van der Waals surface area contributed by atoms with Gasteiger partial charge in [0, 0.05) is 24.3 Å². The number of nitrogens with one attached hydrogen (secondary N) is 1. The predicted molar refractivity (Wildman–Crippen MR) is 76.9 cm³/mol. The van der Waals surface area contributed by atoms with Crippen molar-refractivity contribution in [2.24, 2.45) is 0 Å². The molecule has 1 aliphatic heterocycles. The Morgan fingerprint density at radius 2 is 2.21 bits per heavy atom. The number of benzene rings is 1. The summed E-state index contributed by atoms with van der Waals surface area (Å²) in [6.45, 7) is 5.30. The molecule has 19 heavy (non-hydrogen) atoms. The van der Waals surface area contributed by atoms with Crippen molar-refractivity contribution < 1.29 is 9.90 Å². The quantitative estimate of drug-likeness (QED) is 0.879. The number of aromatic carboxylic acids is 1. The summed E-state index contributed by atoms with van der Waals surface area (Å²) in [6, 6.07) is 6.33. The molecule has 2 unspecified atom stereocenters. The topological polar surface area (TPSA) is 52.6 Å². The molecule has 2 atom stereocenters. The third kappa shape index (κ3) is 3.26. The molecule has 0 saturated carbocycles. The molecule has 1 heterocycles. The van der Waals surface area contributed by atoms with E-state index in [4.69, 9.17) is 5.11 Å². The van der Waals surface area contributed by atoms with E-state index in [0.717, 1.165) is 30.6 Å². The molecule has 2 N–H and O–H groups in total. The number of nitrogens with zero attached hydrogens (tertiary/aromatic N) is 1. The van der Waals surface area contributed by atoms with Crippen LogP contribution in [0, 0.1) is 6.92 Å². The fourth-order valence-corrected chi connectivity index (χ4v) is 2.60. The van der Waals surface area contributed by atoms with E-state index in [0.29, 0.717) is 17.6 Å². The third-order valence-electron chi connectivity index (χ3n) is 4.04. The van der Waals surface area contributed by atoms with Gasteiger partial charge in [-0.2, -0.15) is 0 Å². The van der Waals surface area contributed by atoms with E-state index in [-0.39, 0.29) is 0 Å². The molecule has 0 aliphatic carbocycles. The zero-order valence-corrected chi connectivity index (χ0v) is 11.8. The first-order valence-corrected chi connectivity index (χ1v) is 6.78. The summed E-state index contributed by atoms with van der Waals surface area (Å²) in [5, 5.41) is 12.5. The molecule has 1 saturated heterocycles. The maximum Gasteiger partial charge on any atom is 0.335 e. The van der Waals surface area contributed by atoms with E-state index in [1.165, 1.54) is 0 Å². The Bertz CT molecular complexity index is 473. The van der Waals surface area contributed by atoms with Crippen molar-refractivity contribution in [3.05, 3.63) is 29.3 Å². The lowest BCUT2D eigenvalue weighted by Gasteiger charge is -2.36. The Hall–Kier alpha value is -1.55. The van der Waals surface area contributed by atoms with Crippen LogP contribution in [0.2, 0.25) is 0 Å². The van der Waals surface area contributed by atoms with Crippen molar-refractivity contribution in [3.63, 3.8) is 0 Å². The average molecular weight is 262 g/mol. The van der Waals surface area contributed by atoms with Crippen molar-refractivity contribution in [1.29, 1.82) is 0 Å². The molecule has 0 radical (unpaired) electrons. The minimum atomic E-state index is -0.873. The maximum atomic E-state index is 10.9. The summed E-state index contributed by atoms with van der Waals surface area (Å²) in [4.78, 5) is 13.3. The standard InChI is InChI=1S/C15H22N2O2/c1-10-8-12(15(18)19)4-5-14(10)16-13-6-7-17(3)11(2)9-13/h4-5,8,11,13,16H,6-7,9H2,1-3H3,(H,18,19). The number of aryl methyl sites for hydroxylation is 1. The lowest BCUT2D eigenvalue weighted by molar-refractivity contribution is 0.0697. The Kier molecular flexibility index (Phi) is 4.10. The van der Waals surface area contributed by atoms with E-state index in [1.54, 1.807) is 12.1 Å². The zero-order valence-electron chi connectivity index (χ0n) is 11.8. The third-order valence-corrected chi connectivity index (χ3v) is 4.04. The van der Waals surface area contributed by atoms with Gasteiger partial charge in [0.05, 0.1) is 5.56 Å². The Morgan fingerprint density at radius 1 is 1.47 bits per heavy atom. The molecule has 1 aliphatic rings. The van der Waals surface area contributed by atoms with Crippen LogP contribution in [0.1, 0.15) is 35.7 Å². The van der Waals surface area contributed by atoms with Gasteiger partial charge >= 0.3 is 5.97 Å². The normalized spacial score (nSPS) is 24.2. The Morgan fingerprint density at radius 3 is 2.79 bits per heavy atom.